The SMILES string of the molecule is CCCCC(CC)(NCCOC)c1nccs1. The lowest BCUT2D eigenvalue weighted by atomic mass is 9.90. The van der Waals surface area contributed by atoms with E-state index in [1.807, 2.05) is 6.20 Å². The first kappa shape index (κ1) is 14.6. The van der Waals surface area contributed by atoms with Gasteiger partial charge in [0.25, 0.3) is 0 Å². The van der Waals surface area contributed by atoms with Gasteiger partial charge in [-0.2, -0.15) is 0 Å². The molecule has 0 spiro atoms. The van der Waals surface area contributed by atoms with Gasteiger partial charge in [0, 0.05) is 25.2 Å². The van der Waals surface area contributed by atoms with Crippen LogP contribution in [0.5, 0.6) is 0 Å². The lowest BCUT2D eigenvalue weighted by molar-refractivity contribution is 0.177. The van der Waals surface area contributed by atoms with Gasteiger partial charge in [0.2, 0.25) is 0 Å². The molecule has 1 N–H and O–H groups in total. The molecule has 0 bridgehead atoms. The molecule has 1 rings (SSSR count). The number of thiazole rings is 1. The molecule has 0 amide bonds. The van der Waals surface area contributed by atoms with Gasteiger partial charge in [0.1, 0.15) is 5.01 Å². The Labute approximate surface area is 109 Å². The number of ether oxygens (including phenoxy) is 1. The van der Waals surface area contributed by atoms with E-state index in [0.29, 0.717) is 0 Å². The molecule has 0 aliphatic rings. The lowest BCUT2D eigenvalue weighted by Gasteiger charge is -2.32. The summed E-state index contributed by atoms with van der Waals surface area (Å²) >= 11 is 1.75. The standard InChI is InChI=1S/C13H24N2OS/c1-4-6-7-13(5-2,15-8-10-16-3)12-14-9-11-17-12/h9,11,15H,4-8,10H2,1-3H3. The van der Waals surface area contributed by atoms with Crippen LogP contribution in [-0.2, 0) is 10.3 Å². The van der Waals surface area contributed by atoms with Crippen molar-refractivity contribution in [3.05, 3.63) is 16.6 Å². The van der Waals surface area contributed by atoms with E-state index in [0.717, 1.165) is 26.0 Å². The van der Waals surface area contributed by atoms with Crippen molar-refractivity contribution in [2.75, 3.05) is 20.3 Å². The molecule has 98 valence electrons. The van der Waals surface area contributed by atoms with Gasteiger partial charge in [0.05, 0.1) is 12.1 Å². The minimum absolute atomic E-state index is 0.0444. The highest BCUT2D eigenvalue weighted by Gasteiger charge is 2.31. The molecule has 0 fully saturated rings. The van der Waals surface area contributed by atoms with Crippen molar-refractivity contribution in [1.82, 2.24) is 10.3 Å². The summed E-state index contributed by atoms with van der Waals surface area (Å²) in [6.45, 7) is 6.10. The first-order chi connectivity index (χ1) is 8.29. The van der Waals surface area contributed by atoms with E-state index in [4.69, 9.17) is 4.74 Å². The number of rotatable bonds is 9. The molecule has 1 aromatic rings. The largest absolute Gasteiger partial charge is 0.383 e. The Morgan fingerprint density at radius 3 is 2.82 bits per heavy atom. The monoisotopic (exact) mass is 256 g/mol. The van der Waals surface area contributed by atoms with Gasteiger partial charge in [-0.3, -0.25) is 0 Å². The lowest BCUT2D eigenvalue weighted by Crippen LogP contribution is -2.43. The van der Waals surface area contributed by atoms with Crippen molar-refractivity contribution in [1.29, 1.82) is 0 Å². The molecule has 0 aromatic carbocycles. The molecule has 1 atom stereocenters. The number of nitrogens with one attached hydrogen (secondary N) is 1. The molecule has 0 saturated heterocycles. The maximum atomic E-state index is 5.12. The maximum absolute atomic E-state index is 5.12. The Morgan fingerprint density at radius 2 is 2.29 bits per heavy atom. The summed E-state index contributed by atoms with van der Waals surface area (Å²) in [6.07, 6.45) is 6.57. The molecule has 0 radical (unpaired) electrons. The minimum atomic E-state index is 0.0444. The zero-order valence-corrected chi connectivity index (χ0v) is 12.0. The molecule has 0 aliphatic carbocycles. The van der Waals surface area contributed by atoms with Gasteiger partial charge in [-0.1, -0.05) is 26.7 Å². The van der Waals surface area contributed by atoms with Crippen molar-refractivity contribution in [2.45, 2.75) is 45.1 Å². The highest BCUT2D eigenvalue weighted by Crippen LogP contribution is 2.32. The second-order valence-corrected chi connectivity index (χ2v) is 5.19. The summed E-state index contributed by atoms with van der Waals surface area (Å²) in [7, 11) is 1.74. The summed E-state index contributed by atoms with van der Waals surface area (Å²) < 4.78 is 5.12. The van der Waals surface area contributed by atoms with Crippen molar-refractivity contribution in [3.8, 4) is 0 Å². The van der Waals surface area contributed by atoms with Gasteiger partial charge in [-0.05, 0) is 12.8 Å². The van der Waals surface area contributed by atoms with Crippen molar-refractivity contribution in [2.24, 2.45) is 0 Å². The summed E-state index contributed by atoms with van der Waals surface area (Å²) in [6, 6.07) is 0. The maximum Gasteiger partial charge on any atom is 0.113 e. The van der Waals surface area contributed by atoms with Gasteiger partial charge in [0.15, 0.2) is 0 Å². The van der Waals surface area contributed by atoms with Crippen LogP contribution in [-0.4, -0.2) is 25.2 Å². The zero-order valence-electron chi connectivity index (χ0n) is 11.2. The summed E-state index contributed by atoms with van der Waals surface area (Å²) in [5, 5.41) is 6.92. The summed E-state index contributed by atoms with van der Waals surface area (Å²) in [5.41, 5.74) is 0.0444. The molecule has 1 unspecified atom stereocenters. The number of nitrogens with zero attached hydrogens (tertiary/aromatic N) is 1. The smallest absolute Gasteiger partial charge is 0.113 e. The quantitative estimate of drug-likeness (QED) is 0.689. The Morgan fingerprint density at radius 1 is 1.47 bits per heavy atom. The van der Waals surface area contributed by atoms with Crippen molar-refractivity contribution in [3.63, 3.8) is 0 Å². The third-order valence-corrected chi connectivity index (χ3v) is 4.15. The van der Waals surface area contributed by atoms with Crippen LogP contribution in [0.2, 0.25) is 0 Å². The third-order valence-electron chi connectivity index (χ3n) is 3.17. The van der Waals surface area contributed by atoms with Crippen LogP contribution in [0, 0.1) is 0 Å². The molecular weight excluding hydrogens is 232 g/mol. The molecule has 3 nitrogen and oxygen atoms in total. The average molecular weight is 256 g/mol. The number of hydrogen-bond acceptors (Lipinski definition) is 4. The fourth-order valence-corrected chi connectivity index (χ4v) is 2.97. The third kappa shape index (κ3) is 4.05. The Kier molecular flexibility index (Phi) is 6.70. The van der Waals surface area contributed by atoms with Crippen LogP contribution >= 0.6 is 11.3 Å². The normalized spacial score (nSPS) is 14.8. The van der Waals surface area contributed by atoms with Crippen LogP contribution in [0.25, 0.3) is 0 Å². The van der Waals surface area contributed by atoms with Crippen molar-refractivity contribution < 1.29 is 4.74 Å². The number of methoxy groups -OCH3 is 1. The minimum Gasteiger partial charge on any atom is -0.383 e. The highest BCUT2D eigenvalue weighted by molar-refractivity contribution is 7.09. The summed E-state index contributed by atoms with van der Waals surface area (Å²) in [4.78, 5) is 4.51. The predicted molar refractivity (Wildman–Crippen MR) is 73.5 cm³/mol. The van der Waals surface area contributed by atoms with Gasteiger partial charge in [-0.25, -0.2) is 4.98 Å². The average Bonchev–Trinajstić information content (AvgIpc) is 2.88. The topological polar surface area (TPSA) is 34.1 Å². The van der Waals surface area contributed by atoms with Gasteiger partial charge >= 0.3 is 0 Å². The van der Waals surface area contributed by atoms with Crippen LogP contribution < -0.4 is 5.32 Å². The molecular formula is C13H24N2OS. The number of unbranched alkanes of at least 4 members (excludes halogenated alkanes) is 1. The Balaban J connectivity index is 2.73. The van der Waals surface area contributed by atoms with E-state index in [-0.39, 0.29) is 5.54 Å². The molecule has 17 heavy (non-hydrogen) atoms. The molecule has 1 aromatic heterocycles. The summed E-state index contributed by atoms with van der Waals surface area (Å²) in [5.74, 6) is 0. The number of hydrogen-bond donors (Lipinski definition) is 1. The second kappa shape index (κ2) is 7.80. The Hall–Kier alpha value is -0.450. The predicted octanol–water partition coefficient (Wildman–Crippen LogP) is 3.17. The van der Waals surface area contributed by atoms with Crippen LogP contribution in [0.4, 0.5) is 0 Å². The fraction of sp³-hybridized carbons (Fsp3) is 0.769. The highest BCUT2D eigenvalue weighted by atomic mass is 32.1. The zero-order chi connectivity index (χ0) is 12.6. The molecule has 0 saturated carbocycles. The van der Waals surface area contributed by atoms with Crippen molar-refractivity contribution >= 4 is 11.3 Å². The van der Waals surface area contributed by atoms with E-state index in [1.165, 1.54) is 17.8 Å². The van der Waals surface area contributed by atoms with Crippen LogP contribution in [0.3, 0.4) is 0 Å². The molecule has 4 heteroatoms. The fourth-order valence-electron chi connectivity index (χ4n) is 2.05. The van der Waals surface area contributed by atoms with E-state index in [2.05, 4.69) is 29.5 Å². The van der Waals surface area contributed by atoms with Gasteiger partial charge < -0.3 is 10.1 Å². The van der Waals surface area contributed by atoms with E-state index in [1.54, 1.807) is 18.4 Å². The van der Waals surface area contributed by atoms with E-state index >= 15 is 0 Å². The molecule has 1 heterocycles. The Bertz CT molecular complexity index is 290. The first-order valence-electron chi connectivity index (χ1n) is 6.43. The second-order valence-electron chi connectivity index (χ2n) is 4.30. The molecule has 0 aliphatic heterocycles. The van der Waals surface area contributed by atoms with E-state index in [9.17, 15) is 0 Å². The van der Waals surface area contributed by atoms with Gasteiger partial charge in [-0.15, -0.1) is 11.3 Å². The first-order valence-corrected chi connectivity index (χ1v) is 7.31. The van der Waals surface area contributed by atoms with Crippen LogP contribution in [0.1, 0.15) is 44.5 Å². The van der Waals surface area contributed by atoms with E-state index < -0.39 is 0 Å². The van der Waals surface area contributed by atoms with Crippen LogP contribution in [0.15, 0.2) is 11.6 Å². The number of aromatic nitrogens is 1.